The molecular formula is C8H10BrO3P. The Hall–Kier alpha value is -0.150. The Balaban J connectivity index is 2.46. The minimum absolute atomic E-state index is 0.318. The zero-order valence-electron chi connectivity index (χ0n) is 7.12. The van der Waals surface area contributed by atoms with Gasteiger partial charge in [0, 0.05) is 11.6 Å². The second-order valence-corrected chi connectivity index (χ2v) is 4.48. The summed E-state index contributed by atoms with van der Waals surface area (Å²) in [7, 11) is -0.934. The summed E-state index contributed by atoms with van der Waals surface area (Å²) < 4.78 is 21.2. The van der Waals surface area contributed by atoms with Crippen LogP contribution >= 0.6 is 24.2 Å². The molecule has 1 aromatic rings. The van der Waals surface area contributed by atoms with E-state index < -0.39 is 8.25 Å². The monoisotopic (exact) mass is 264 g/mol. The van der Waals surface area contributed by atoms with Gasteiger partial charge >= 0.3 is 8.25 Å². The lowest BCUT2D eigenvalue weighted by atomic mass is 10.2. The summed E-state index contributed by atoms with van der Waals surface area (Å²) in [4.78, 5) is 0. The summed E-state index contributed by atoms with van der Waals surface area (Å²) in [5.41, 5.74) is 0.971. The average molecular weight is 265 g/mol. The van der Waals surface area contributed by atoms with Crippen molar-refractivity contribution in [3.63, 3.8) is 0 Å². The van der Waals surface area contributed by atoms with E-state index in [4.69, 9.17) is 4.52 Å². The summed E-state index contributed by atoms with van der Waals surface area (Å²) in [5, 5.41) is 0. The highest BCUT2D eigenvalue weighted by Gasteiger charge is 1.97. The van der Waals surface area contributed by atoms with Gasteiger partial charge in [-0.05, 0) is 17.7 Å². The van der Waals surface area contributed by atoms with Crippen molar-refractivity contribution in [1.29, 1.82) is 0 Å². The SMILES string of the molecule is CO[PH](=O)OCc1ccc(Br)cc1. The molecule has 0 radical (unpaired) electrons. The first-order valence-electron chi connectivity index (χ1n) is 3.67. The van der Waals surface area contributed by atoms with Crippen LogP contribution in [0.1, 0.15) is 5.56 Å². The van der Waals surface area contributed by atoms with E-state index in [-0.39, 0.29) is 0 Å². The summed E-state index contributed by atoms with van der Waals surface area (Å²) in [6.45, 7) is 0.318. The molecule has 0 heterocycles. The predicted molar refractivity (Wildman–Crippen MR) is 54.9 cm³/mol. The third-order valence-electron chi connectivity index (χ3n) is 1.44. The van der Waals surface area contributed by atoms with Gasteiger partial charge in [0.25, 0.3) is 0 Å². The third kappa shape index (κ3) is 4.05. The maximum Gasteiger partial charge on any atom is 0.319 e. The van der Waals surface area contributed by atoms with Crippen LogP contribution in [0.25, 0.3) is 0 Å². The standard InChI is InChI=1S/C8H10BrO3P/c1-11-13(10)12-6-7-2-4-8(9)5-3-7/h2-5,13H,6H2,1H3. The van der Waals surface area contributed by atoms with Crippen LogP contribution in [0.5, 0.6) is 0 Å². The second kappa shape index (κ2) is 5.55. The second-order valence-electron chi connectivity index (χ2n) is 2.37. The van der Waals surface area contributed by atoms with Crippen LogP contribution in [0.3, 0.4) is 0 Å². The van der Waals surface area contributed by atoms with Crippen LogP contribution in [0.15, 0.2) is 28.7 Å². The first kappa shape index (κ1) is 10.9. The van der Waals surface area contributed by atoms with Crippen LogP contribution in [0, 0.1) is 0 Å². The maximum atomic E-state index is 10.8. The Morgan fingerprint density at radius 3 is 2.54 bits per heavy atom. The summed E-state index contributed by atoms with van der Waals surface area (Å²) in [6, 6.07) is 7.61. The minimum Gasteiger partial charge on any atom is -0.314 e. The van der Waals surface area contributed by atoms with Crippen molar-refractivity contribution >= 4 is 24.2 Å². The molecule has 0 N–H and O–H groups in total. The van der Waals surface area contributed by atoms with Gasteiger partial charge in [0.15, 0.2) is 0 Å². The molecule has 0 saturated carbocycles. The lowest BCUT2D eigenvalue weighted by molar-refractivity contribution is 0.248. The van der Waals surface area contributed by atoms with Gasteiger partial charge in [-0.25, -0.2) is 0 Å². The number of hydrogen-bond donors (Lipinski definition) is 0. The van der Waals surface area contributed by atoms with Crippen molar-refractivity contribution in [3.05, 3.63) is 34.3 Å². The van der Waals surface area contributed by atoms with Crippen molar-refractivity contribution in [1.82, 2.24) is 0 Å². The molecule has 0 aliphatic rings. The molecule has 72 valence electrons. The van der Waals surface area contributed by atoms with E-state index >= 15 is 0 Å². The molecule has 0 spiro atoms. The fourth-order valence-corrected chi connectivity index (χ4v) is 1.45. The highest BCUT2D eigenvalue weighted by Crippen LogP contribution is 2.24. The Labute approximate surface area is 86.1 Å². The van der Waals surface area contributed by atoms with Crippen LogP contribution in [0.2, 0.25) is 0 Å². The van der Waals surface area contributed by atoms with Gasteiger partial charge in [0.1, 0.15) is 0 Å². The fraction of sp³-hybridized carbons (Fsp3) is 0.250. The Bertz CT molecular complexity index is 286. The van der Waals surface area contributed by atoms with Crippen LogP contribution in [-0.4, -0.2) is 7.11 Å². The number of benzene rings is 1. The van der Waals surface area contributed by atoms with E-state index in [1.54, 1.807) is 0 Å². The average Bonchev–Trinajstić information content (AvgIpc) is 2.16. The molecule has 0 aliphatic heterocycles. The van der Waals surface area contributed by atoms with E-state index in [1.165, 1.54) is 7.11 Å². The number of hydrogen-bond acceptors (Lipinski definition) is 3. The molecule has 0 fully saturated rings. The minimum atomic E-state index is -2.30. The lowest BCUT2D eigenvalue weighted by Gasteiger charge is -2.02. The van der Waals surface area contributed by atoms with Crippen molar-refractivity contribution < 1.29 is 13.6 Å². The molecule has 1 unspecified atom stereocenters. The van der Waals surface area contributed by atoms with E-state index in [0.29, 0.717) is 6.61 Å². The Morgan fingerprint density at radius 2 is 2.00 bits per heavy atom. The van der Waals surface area contributed by atoms with Crippen LogP contribution < -0.4 is 0 Å². The zero-order valence-corrected chi connectivity index (χ0v) is 9.71. The largest absolute Gasteiger partial charge is 0.319 e. The smallest absolute Gasteiger partial charge is 0.314 e. The Kier molecular flexibility index (Phi) is 4.67. The summed E-state index contributed by atoms with van der Waals surface area (Å²) in [6.07, 6.45) is 0. The van der Waals surface area contributed by atoms with Crippen molar-refractivity contribution in [3.8, 4) is 0 Å². The fourth-order valence-electron chi connectivity index (χ4n) is 0.782. The van der Waals surface area contributed by atoms with Gasteiger partial charge in [0.05, 0.1) is 6.61 Å². The maximum absolute atomic E-state index is 10.8. The van der Waals surface area contributed by atoms with Crippen LogP contribution in [-0.2, 0) is 20.2 Å². The van der Waals surface area contributed by atoms with E-state index in [2.05, 4.69) is 20.5 Å². The highest BCUT2D eigenvalue weighted by atomic mass is 79.9. The molecule has 1 atom stereocenters. The van der Waals surface area contributed by atoms with Crippen molar-refractivity contribution in [2.24, 2.45) is 0 Å². The van der Waals surface area contributed by atoms with E-state index in [1.807, 2.05) is 24.3 Å². The molecule has 13 heavy (non-hydrogen) atoms. The molecule has 0 bridgehead atoms. The molecule has 0 saturated heterocycles. The molecule has 1 aromatic carbocycles. The highest BCUT2D eigenvalue weighted by molar-refractivity contribution is 9.10. The first-order valence-corrected chi connectivity index (χ1v) is 5.69. The molecule has 0 aromatic heterocycles. The van der Waals surface area contributed by atoms with Gasteiger partial charge in [-0.15, -0.1) is 0 Å². The van der Waals surface area contributed by atoms with Gasteiger partial charge in [-0.3, -0.25) is 4.57 Å². The third-order valence-corrected chi connectivity index (χ3v) is 2.68. The Morgan fingerprint density at radius 1 is 1.38 bits per heavy atom. The molecule has 1 rings (SSSR count). The normalized spacial score (nSPS) is 12.8. The number of rotatable bonds is 4. The number of halogens is 1. The van der Waals surface area contributed by atoms with Gasteiger partial charge in [-0.2, -0.15) is 0 Å². The molecule has 0 aliphatic carbocycles. The zero-order chi connectivity index (χ0) is 9.68. The quantitative estimate of drug-likeness (QED) is 0.785. The summed E-state index contributed by atoms with van der Waals surface area (Å²) in [5.74, 6) is 0. The molecule has 5 heteroatoms. The van der Waals surface area contributed by atoms with Gasteiger partial charge in [0.2, 0.25) is 0 Å². The molecule has 3 nitrogen and oxygen atoms in total. The van der Waals surface area contributed by atoms with Gasteiger partial charge < -0.3 is 9.05 Å². The molecular weight excluding hydrogens is 255 g/mol. The van der Waals surface area contributed by atoms with Crippen molar-refractivity contribution in [2.45, 2.75) is 6.61 Å². The van der Waals surface area contributed by atoms with E-state index in [9.17, 15) is 4.57 Å². The lowest BCUT2D eigenvalue weighted by Crippen LogP contribution is -1.85. The van der Waals surface area contributed by atoms with Gasteiger partial charge in [-0.1, -0.05) is 28.1 Å². The summed E-state index contributed by atoms with van der Waals surface area (Å²) >= 11 is 3.32. The van der Waals surface area contributed by atoms with Crippen LogP contribution in [0.4, 0.5) is 0 Å². The predicted octanol–water partition coefficient (Wildman–Crippen LogP) is 3.00. The van der Waals surface area contributed by atoms with E-state index in [0.717, 1.165) is 10.0 Å². The first-order chi connectivity index (χ1) is 6.22. The molecule has 0 amide bonds. The van der Waals surface area contributed by atoms with Crippen molar-refractivity contribution in [2.75, 3.05) is 7.11 Å². The topological polar surface area (TPSA) is 35.5 Å².